The minimum Gasteiger partial charge on any atom is -0.487 e. The molecule has 0 spiro atoms. The predicted molar refractivity (Wildman–Crippen MR) is 99.3 cm³/mol. The normalized spacial score (nSPS) is 10.4. The van der Waals surface area contributed by atoms with Gasteiger partial charge in [-0.2, -0.15) is 5.26 Å². The second-order valence-corrected chi connectivity index (χ2v) is 6.11. The summed E-state index contributed by atoms with van der Waals surface area (Å²) in [4.78, 5) is 4.11. The molecule has 0 aliphatic heterocycles. The fourth-order valence-corrected chi connectivity index (χ4v) is 2.82. The van der Waals surface area contributed by atoms with E-state index in [1.54, 1.807) is 43.3 Å². The Hall–Kier alpha value is -3.10. The fourth-order valence-electron chi connectivity index (χ4n) is 2.54. The third kappa shape index (κ3) is 3.76. The van der Waals surface area contributed by atoms with Crippen molar-refractivity contribution in [2.75, 3.05) is 5.73 Å². The van der Waals surface area contributed by atoms with E-state index in [-0.39, 0.29) is 17.6 Å². The molecule has 0 unspecified atom stereocenters. The number of rotatable bonds is 4. The number of halogens is 2. The Morgan fingerprint density at radius 2 is 1.92 bits per heavy atom. The molecule has 0 saturated heterocycles. The third-order valence-corrected chi connectivity index (χ3v) is 4.12. The number of nitrogens with zero attached hydrogens (tertiary/aromatic N) is 2. The molecule has 130 valence electrons. The Kier molecular flexibility index (Phi) is 5.06. The summed E-state index contributed by atoms with van der Waals surface area (Å²) in [5.74, 6) is 0.172. The monoisotopic (exact) mass is 367 g/mol. The number of anilines is 1. The van der Waals surface area contributed by atoms with Crippen LogP contribution < -0.4 is 10.5 Å². The van der Waals surface area contributed by atoms with Crippen molar-refractivity contribution >= 4 is 17.3 Å². The van der Waals surface area contributed by atoms with Gasteiger partial charge < -0.3 is 10.5 Å². The molecule has 0 aliphatic carbocycles. The lowest BCUT2D eigenvalue weighted by Gasteiger charge is -2.12. The first-order valence-corrected chi connectivity index (χ1v) is 8.20. The quantitative estimate of drug-likeness (QED) is 0.526. The van der Waals surface area contributed by atoms with E-state index in [1.165, 1.54) is 12.1 Å². The Bertz CT molecular complexity index is 997. The van der Waals surface area contributed by atoms with Crippen LogP contribution in [0.25, 0.3) is 11.1 Å². The Morgan fingerprint density at radius 1 is 1.19 bits per heavy atom. The molecule has 2 aromatic carbocycles. The van der Waals surface area contributed by atoms with E-state index in [1.807, 2.05) is 0 Å². The number of nitriles is 1. The number of pyridine rings is 1. The molecule has 2 N–H and O–H groups in total. The molecule has 3 rings (SSSR count). The van der Waals surface area contributed by atoms with Gasteiger partial charge in [0.2, 0.25) is 0 Å². The van der Waals surface area contributed by atoms with Gasteiger partial charge in [0, 0.05) is 11.3 Å². The standard InChI is InChI=1S/C20H15ClFN3O/c1-12-8-16(17(10-23)20(21)25-12)14-4-7-18(24)19(9-14)26-11-13-2-5-15(22)6-3-13/h2-9H,11,24H2,1H3. The summed E-state index contributed by atoms with van der Waals surface area (Å²) in [6.07, 6.45) is 0. The highest BCUT2D eigenvalue weighted by atomic mass is 35.5. The molecule has 0 saturated carbocycles. The molecule has 0 amide bonds. The SMILES string of the molecule is Cc1cc(-c2ccc(N)c(OCc3ccc(F)cc3)c2)c(C#N)c(Cl)n1. The van der Waals surface area contributed by atoms with Gasteiger partial charge in [0.1, 0.15) is 29.4 Å². The second-order valence-electron chi connectivity index (χ2n) is 5.76. The highest BCUT2D eigenvalue weighted by Gasteiger charge is 2.13. The molecule has 6 heteroatoms. The molecular formula is C20H15ClFN3O. The zero-order valence-electron chi connectivity index (χ0n) is 14.0. The van der Waals surface area contributed by atoms with Crippen molar-refractivity contribution in [1.82, 2.24) is 4.98 Å². The molecule has 0 fully saturated rings. The Balaban J connectivity index is 1.93. The smallest absolute Gasteiger partial charge is 0.147 e. The van der Waals surface area contributed by atoms with Crippen molar-refractivity contribution in [3.05, 3.63) is 76.3 Å². The summed E-state index contributed by atoms with van der Waals surface area (Å²) in [5.41, 5.74) is 9.69. The summed E-state index contributed by atoms with van der Waals surface area (Å²) in [7, 11) is 0. The molecule has 3 aromatic rings. The average molecular weight is 368 g/mol. The van der Waals surface area contributed by atoms with Gasteiger partial charge in [-0.1, -0.05) is 29.8 Å². The molecule has 26 heavy (non-hydrogen) atoms. The maximum absolute atomic E-state index is 13.0. The van der Waals surface area contributed by atoms with Crippen molar-refractivity contribution in [2.24, 2.45) is 0 Å². The van der Waals surface area contributed by atoms with E-state index < -0.39 is 0 Å². The van der Waals surface area contributed by atoms with Crippen molar-refractivity contribution in [3.63, 3.8) is 0 Å². The fraction of sp³-hybridized carbons (Fsp3) is 0.100. The van der Waals surface area contributed by atoms with E-state index in [9.17, 15) is 9.65 Å². The molecule has 0 aliphatic rings. The topological polar surface area (TPSA) is 71.9 Å². The zero-order chi connectivity index (χ0) is 18.7. The summed E-state index contributed by atoms with van der Waals surface area (Å²) < 4.78 is 18.8. The van der Waals surface area contributed by atoms with E-state index in [2.05, 4.69) is 11.1 Å². The van der Waals surface area contributed by atoms with Gasteiger partial charge in [-0.25, -0.2) is 9.37 Å². The minimum absolute atomic E-state index is 0.160. The molecule has 0 bridgehead atoms. The van der Waals surface area contributed by atoms with Crippen LogP contribution in [0, 0.1) is 24.1 Å². The lowest BCUT2D eigenvalue weighted by Crippen LogP contribution is -2.00. The largest absolute Gasteiger partial charge is 0.487 e. The number of aromatic nitrogens is 1. The summed E-state index contributed by atoms with van der Waals surface area (Å²) in [5, 5.41) is 9.55. The molecule has 0 radical (unpaired) electrons. The lowest BCUT2D eigenvalue weighted by atomic mass is 10.0. The highest BCUT2D eigenvalue weighted by Crippen LogP contribution is 2.33. The van der Waals surface area contributed by atoms with Gasteiger partial charge in [0.15, 0.2) is 0 Å². The van der Waals surface area contributed by atoms with Crippen LogP contribution in [0.3, 0.4) is 0 Å². The first-order chi connectivity index (χ1) is 12.5. The summed E-state index contributed by atoms with van der Waals surface area (Å²) in [6, 6.07) is 15.2. The predicted octanol–water partition coefficient (Wildman–Crippen LogP) is 4.88. The molecule has 4 nitrogen and oxygen atoms in total. The Labute approximate surface area is 155 Å². The van der Waals surface area contributed by atoms with Gasteiger partial charge in [-0.3, -0.25) is 0 Å². The van der Waals surface area contributed by atoms with Crippen molar-refractivity contribution in [3.8, 4) is 22.9 Å². The van der Waals surface area contributed by atoms with Crippen molar-refractivity contribution in [2.45, 2.75) is 13.5 Å². The first kappa shape index (κ1) is 17.7. The summed E-state index contributed by atoms with van der Waals surface area (Å²) >= 11 is 6.09. The highest BCUT2D eigenvalue weighted by molar-refractivity contribution is 6.31. The van der Waals surface area contributed by atoms with Gasteiger partial charge in [-0.05, 0) is 48.4 Å². The molecule has 1 heterocycles. The first-order valence-electron chi connectivity index (χ1n) is 7.82. The number of nitrogen functional groups attached to an aromatic ring is 1. The van der Waals surface area contributed by atoms with E-state index in [0.717, 1.165) is 11.1 Å². The maximum atomic E-state index is 13.0. The number of ether oxygens (including phenoxy) is 1. The Morgan fingerprint density at radius 3 is 2.62 bits per heavy atom. The third-order valence-electron chi connectivity index (χ3n) is 3.85. The number of hydrogen-bond donors (Lipinski definition) is 1. The van der Waals surface area contributed by atoms with Gasteiger partial charge >= 0.3 is 0 Å². The minimum atomic E-state index is -0.302. The van der Waals surface area contributed by atoms with Crippen LogP contribution in [0.5, 0.6) is 5.75 Å². The molecule has 0 atom stereocenters. The van der Waals surface area contributed by atoms with Crippen LogP contribution in [0.4, 0.5) is 10.1 Å². The number of hydrogen-bond acceptors (Lipinski definition) is 4. The van der Waals surface area contributed by atoms with Crippen LogP contribution in [0.2, 0.25) is 5.15 Å². The van der Waals surface area contributed by atoms with Crippen molar-refractivity contribution in [1.29, 1.82) is 5.26 Å². The number of nitrogens with two attached hydrogens (primary N) is 1. The van der Waals surface area contributed by atoms with Crippen LogP contribution in [0.15, 0.2) is 48.5 Å². The summed E-state index contributed by atoms with van der Waals surface area (Å²) in [6.45, 7) is 2.05. The number of aryl methyl sites for hydroxylation is 1. The zero-order valence-corrected chi connectivity index (χ0v) is 14.7. The van der Waals surface area contributed by atoms with Gasteiger partial charge in [0.05, 0.1) is 11.3 Å². The van der Waals surface area contributed by atoms with Crippen LogP contribution in [-0.2, 0) is 6.61 Å². The van der Waals surface area contributed by atoms with Gasteiger partial charge in [-0.15, -0.1) is 0 Å². The van der Waals surface area contributed by atoms with E-state index >= 15 is 0 Å². The lowest BCUT2D eigenvalue weighted by molar-refractivity contribution is 0.308. The van der Waals surface area contributed by atoms with Gasteiger partial charge in [0.25, 0.3) is 0 Å². The maximum Gasteiger partial charge on any atom is 0.147 e. The van der Waals surface area contributed by atoms with Crippen LogP contribution in [0.1, 0.15) is 16.8 Å². The van der Waals surface area contributed by atoms with Crippen molar-refractivity contribution < 1.29 is 9.13 Å². The number of benzene rings is 2. The van der Waals surface area contributed by atoms with Crippen LogP contribution in [-0.4, -0.2) is 4.98 Å². The molecule has 1 aromatic heterocycles. The van der Waals surface area contributed by atoms with Crippen LogP contribution >= 0.6 is 11.6 Å². The average Bonchev–Trinajstić information content (AvgIpc) is 2.62. The van der Waals surface area contributed by atoms with E-state index in [4.69, 9.17) is 22.1 Å². The second kappa shape index (κ2) is 7.42. The van der Waals surface area contributed by atoms with E-state index in [0.29, 0.717) is 28.3 Å². The molecular weight excluding hydrogens is 353 g/mol.